The summed E-state index contributed by atoms with van der Waals surface area (Å²) in [6, 6.07) is 0. The van der Waals surface area contributed by atoms with E-state index >= 15 is 0 Å². The van der Waals surface area contributed by atoms with Gasteiger partial charge in [0.2, 0.25) is 0 Å². The Morgan fingerprint density at radius 2 is 0.367 bits per heavy atom. The Kier molecular flexibility index (Phi) is 39.6. The van der Waals surface area contributed by atoms with Gasteiger partial charge in [0, 0.05) is 0 Å². The molecule has 14 unspecified atom stereocenters. The second-order valence-corrected chi connectivity index (χ2v) is 25.2. The van der Waals surface area contributed by atoms with Crippen molar-refractivity contribution >= 4 is 0 Å². The van der Waals surface area contributed by atoms with Crippen molar-refractivity contribution in [3.05, 3.63) is 0 Å². The molecule has 0 aromatic carbocycles. The maximum Gasteiger partial charge on any atom is -0.0438 e. The first-order valence-corrected chi connectivity index (χ1v) is 28.1. The molecule has 0 bridgehead atoms. The molecule has 0 heteroatoms. The third-order valence-corrected chi connectivity index (χ3v) is 15.0. The molecule has 364 valence electrons. The van der Waals surface area contributed by atoms with Crippen molar-refractivity contribution in [2.45, 2.75) is 293 Å². The highest BCUT2D eigenvalue weighted by molar-refractivity contribution is 4.70. The molecule has 0 aliphatic heterocycles. The van der Waals surface area contributed by atoms with Crippen LogP contribution < -0.4 is 0 Å². The molecule has 0 spiro atoms. The van der Waals surface area contributed by atoms with Crippen molar-refractivity contribution in [1.82, 2.24) is 0 Å². The van der Waals surface area contributed by atoms with Gasteiger partial charge < -0.3 is 0 Å². The maximum atomic E-state index is 2.51. The molecule has 0 saturated carbocycles. The van der Waals surface area contributed by atoms with Crippen LogP contribution in [0.1, 0.15) is 293 Å². The fraction of sp³-hybridized carbons (Fsp3) is 1.00. The van der Waals surface area contributed by atoms with Gasteiger partial charge in [0.15, 0.2) is 0 Å². The molecule has 0 saturated heterocycles. The fourth-order valence-electron chi connectivity index (χ4n) is 12.4. The van der Waals surface area contributed by atoms with Crippen molar-refractivity contribution in [2.75, 3.05) is 0 Å². The molecular formula is C60H124. The normalized spacial score (nSPS) is 19.3. The Balaban J connectivity index is 0. The monoisotopic (exact) mass is 845 g/mol. The first kappa shape index (κ1) is 62.1. The Labute approximate surface area is 385 Å². The van der Waals surface area contributed by atoms with Crippen LogP contribution in [-0.4, -0.2) is 0 Å². The fourth-order valence-corrected chi connectivity index (χ4v) is 12.4. The Morgan fingerprint density at radius 3 is 0.600 bits per heavy atom. The van der Waals surface area contributed by atoms with Gasteiger partial charge in [0.05, 0.1) is 0 Å². The van der Waals surface area contributed by atoms with E-state index in [0.717, 1.165) is 94.7 Å². The first-order chi connectivity index (χ1) is 28.1. The zero-order valence-electron chi connectivity index (χ0n) is 46.2. The molecule has 60 heavy (non-hydrogen) atoms. The average molecular weight is 846 g/mol. The van der Waals surface area contributed by atoms with Crippen LogP contribution >= 0.6 is 0 Å². The zero-order valence-corrected chi connectivity index (χ0v) is 46.2. The van der Waals surface area contributed by atoms with E-state index in [1.54, 1.807) is 0 Å². The smallest absolute Gasteiger partial charge is 0.0438 e. The van der Waals surface area contributed by atoms with Crippen molar-refractivity contribution in [3.63, 3.8) is 0 Å². The molecular weight excluding hydrogens is 721 g/mol. The van der Waals surface area contributed by atoms with Gasteiger partial charge in [0.25, 0.3) is 0 Å². The lowest BCUT2D eigenvalue weighted by atomic mass is 9.82. The predicted molar refractivity (Wildman–Crippen MR) is 280 cm³/mol. The van der Waals surface area contributed by atoms with Gasteiger partial charge in [-0.1, -0.05) is 216 Å². The number of unbranched alkanes of at least 4 members (excludes halogenated alkanes) is 4. The summed E-state index contributed by atoms with van der Waals surface area (Å²) in [5.74, 6) is 14.3. The summed E-state index contributed by atoms with van der Waals surface area (Å²) in [7, 11) is 0. The molecule has 0 aliphatic rings. The van der Waals surface area contributed by atoms with E-state index in [2.05, 4.69) is 138 Å². The average Bonchev–Trinajstić information content (AvgIpc) is 3.09. The molecule has 0 amide bonds. The van der Waals surface area contributed by atoms with Crippen LogP contribution in [0.15, 0.2) is 0 Å². The van der Waals surface area contributed by atoms with Crippen LogP contribution in [0.3, 0.4) is 0 Å². The van der Waals surface area contributed by atoms with Crippen molar-refractivity contribution in [2.24, 2.45) is 94.7 Å². The van der Waals surface area contributed by atoms with Gasteiger partial charge in [-0.15, -0.1) is 0 Å². The predicted octanol–water partition coefficient (Wildman–Crippen LogP) is 21.6. The topological polar surface area (TPSA) is 0 Å². The lowest BCUT2D eigenvalue weighted by Gasteiger charge is -2.24. The molecule has 0 aliphatic carbocycles. The van der Waals surface area contributed by atoms with E-state index in [-0.39, 0.29) is 0 Å². The molecule has 0 rings (SSSR count). The molecule has 0 N–H and O–H groups in total. The zero-order chi connectivity index (χ0) is 46.2. The minimum atomic E-state index is 0.851. The number of hydrogen-bond donors (Lipinski definition) is 0. The van der Waals surface area contributed by atoms with Crippen LogP contribution in [0.4, 0.5) is 0 Å². The molecule has 0 aromatic heterocycles. The van der Waals surface area contributed by atoms with E-state index in [1.165, 1.54) is 154 Å². The summed E-state index contributed by atoms with van der Waals surface area (Å²) in [4.78, 5) is 0. The summed E-state index contributed by atoms with van der Waals surface area (Å²) in [6.07, 6.45) is 34.2. The number of hydrogen-bond acceptors (Lipinski definition) is 0. The third kappa shape index (κ3) is 40.8. The van der Waals surface area contributed by atoms with E-state index in [4.69, 9.17) is 0 Å². The van der Waals surface area contributed by atoms with E-state index in [9.17, 15) is 0 Å². The van der Waals surface area contributed by atoms with E-state index < -0.39 is 0 Å². The molecule has 0 aromatic rings. The highest BCUT2D eigenvalue weighted by atomic mass is 14.2. The summed E-state index contributed by atoms with van der Waals surface area (Å²) < 4.78 is 0. The summed E-state index contributed by atoms with van der Waals surface area (Å²) in [6.45, 7) is 48.8. The quantitative estimate of drug-likeness (QED) is 0.0543. The highest BCUT2D eigenvalue weighted by Crippen LogP contribution is 2.31. The minimum absolute atomic E-state index is 0.851. The van der Waals surface area contributed by atoms with Gasteiger partial charge in [-0.3, -0.25) is 0 Å². The minimum Gasteiger partial charge on any atom is -0.0651 e. The summed E-state index contributed by atoms with van der Waals surface area (Å²) in [5.41, 5.74) is 0. The van der Waals surface area contributed by atoms with E-state index in [1.807, 2.05) is 0 Å². The third-order valence-electron chi connectivity index (χ3n) is 15.0. The van der Waals surface area contributed by atoms with Crippen LogP contribution in [0, 0.1) is 94.7 Å². The molecule has 0 heterocycles. The second-order valence-electron chi connectivity index (χ2n) is 25.2. The SMILES string of the molecule is CCC(C)CC(C)CC(C)CC(C)CC(C)CCCC(C)CC(C)CC(C)C.CCC(C)CC(C)CC(C)CC(C)CC(C)CCCCCCCC(C)CC(C)CC(C)C. The summed E-state index contributed by atoms with van der Waals surface area (Å²) in [5, 5.41) is 0. The second kappa shape index (κ2) is 38.3. The van der Waals surface area contributed by atoms with Gasteiger partial charge in [-0.25, -0.2) is 0 Å². The summed E-state index contributed by atoms with van der Waals surface area (Å²) >= 11 is 0. The van der Waals surface area contributed by atoms with Crippen molar-refractivity contribution < 1.29 is 0 Å². The van der Waals surface area contributed by atoms with Crippen molar-refractivity contribution in [3.8, 4) is 0 Å². The molecule has 14 atom stereocenters. The van der Waals surface area contributed by atoms with Gasteiger partial charge >= 0.3 is 0 Å². The highest BCUT2D eigenvalue weighted by Gasteiger charge is 2.19. The maximum absolute atomic E-state index is 2.51. The first-order valence-electron chi connectivity index (χ1n) is 28.1. The number of rotatable bonds is 38. The lowest BCUT2D eigenvalue weighted by molar-refractivity contribution is 0.276. The van der Waals surface area contributed by atoms with Crippen molar-refractivity contribution in [1.29, 1.82) is 0 Å². The largest absolute Gasteiger partial charge is 0.0651 e. The van der Waals surface area contributed by atoms with Gasteiger partial charge in [-0.2, -0.15) is 0 Å². The Morgan fingerprint density at radius 1 is 0.183 bits per heavy atom. The van der Waals surface area contributed by atoms with E-state index in [0.29, 0.717) is 0 Å². The molecule has 0 radical (unpaired) electrons. The van der Waals surface area contributed by atoms with Gasteiger partial charge in [-0.05, 0) is 172 Å². The standard InChI is InChI=1S/C32H66.C28H58/c1-11-26(4)20-30(8)23-32(10)24-31(9)22-28(6)18-16-14-12-13-15-17-27(5)21-29(7)19-25(2)3;1-11-22(4)16-26(8)19-28(10)20-27(9)18-24(6)14-12-13-23(5)17-25(7)15-21(2)3/h25-32H,11-24H2,1-10H3;21-28H,11-20H2,1-10H3. The van der Waals surface area contributed by atoms with Crippen LogP contribution in [0.2, 0.25) is 0 Å². The Bertz CT molecular complexity index is 884. The molecule has 0 fully saturated rings. The van der Waals surface area contributed by atoms with Crippen LogP contribution in [-0.2, 0) is 0 Å². The molecule has 0 nitrogen and oxygen atoms in total. The lowest BCUT2D eigenvalue weighted by Crippen LogP contribution is -2.12. The van der Waals surface area contributed by atoms with Crippen LogP contribution in [0.25, 0.3) is 0 Å². The Hall–Kier alpha value is 0. The van der Waals surface area contributed by atoms with Gasteiger partial charge in [0.1, 0.15) is 0 Å². The van der Waals surface area contributed by atoms with Crippen LogP contribution in [0.5, 0.6) is 0 Å².